The molecular weight excluding hydrogens is 359 g/mol. The Morgan fingerprint density at radius 3 is 2.75 bits per heavy atom. The second-order valence-electron chi connectivity index (χ2n) is 7.53. The minimum absolute atomic E-state index is 0.0527. The van der Waals surface area contributed by atoms with Crippen LogP contribution < -0.4 is 16.0 Å². The van der Waals surface area contributed by atoms with Gasteiger partial charge in [0.1, 0.15) is 11.5 Å². The van der Waals surface area contributed by atoms with Gasteiger partial charge in [-0.15, -0.1) is 0 Å². The molecule has 1 saturated carbocycles. The van der Waals surface area contributed by atoms with Gasteiger partial charge in [-0.3, -0.25) is 9.69 Å². The average molecular weight is 384 g/mol. The van der Waals surface area contributed by atoms with Gasteiger partial charge in [0, 0.05) is 25.0 Å². The Labute approximate surface area is 163 Å². The Morgan fingerprint density at radius 2 is 1.96 bits per heavy atom. The number of halogens is 1. The molecule has 3 heterocycles. The molecule has 3 N–H and O–H groups in total. The molecule has 0 aromatic carbocycles. The van der Waals surface area contributed by atoms with E-state index >= 15 is 0 Å². The van der Waals surface area contributed by atoms with E-state index in [1.54, 1.807) is 23.1 Å². The fourth-order valence-corrected chi connectivity index (χ4v) is 3.82. The van der Waals surface area contributed by atoms with E-state index in [2.05, 4.69) is 20.3 Å². The third-order valence-corrected chi connectivity index (χ3v) is 5.43. The third kappa shape index (κ3) is 4.11. The van der Waals surface area contributed by atoms with Crippen molar-refractivity contribution in [2.24, 2.45) is 5.73 Å². The second-order valence-corrected chi connectivity index (χ2v) is 7.53. The Kier molecular flexibility index (Phi) is 5.47. The monoisotopic (exact) mass is 384 g/mol. The molecular formula is C20H25FN6O. The summed E-state index contributed by atoms with van der Waals surface area (Å²) in [6.07, 6.45) is 7.34. The molecule has 0 atom stereocenters. The van der Waals surface area contributed by atoms with E-state index in [9.17, 15) is 9.18 Å². The summed E-state index contributed by atoms with van der Waals surface area (Å²) in [6, 6.07) is 5.75. The first-order valence-corrected chi connectivity index (χ1v) is 9.92. The largest absolute Gasteiger partial charge is 0.351 e. The summed E-state index contributed by atoms with van der Waals surface area (Å²) in [5, 5.41) is 3.29. The van der Waals surface area contributed by atoms with Crippen molar-refractivity contribution in [3.05, 3.63) is 30.2 Å². The van der Waals surface area contributed by atoms with E-state index in [4.69, 9.17) is 5.73 Å². The summed E-state index contributed by atoms with van der Waals surface area (Å²) in [7, 11) is 0. The first-order valence-electron chi connectivity index (χ1n) is 9.92. The maximum Gasteiger partial charge on any atom is 0.228 e. The van der Waals surface area contributed by atoms with Crippen molar-refractivity contribution in [3.8, 4) is 11.4 Å². The molecule has 1 aliphatic carbocycles. The van der Waals surface area contributed by atoms with Crippen LogP contribution in [0.25, 0.3) is 11.4 Å². The molecule has 2 aliphatic rings. The van der Waals surface area contributed by atoms with Gasteiger partial charge < -0.3 is 11.1 Å². The molecule has 2 fully saturated rings. The number of nitrogens with two attached hydrogens (primary N) is 1. The number of nitrogens with zero attached hydrogens (tertiary/aromatic N) is 4. The van der Waals surface area contributed by atoms with Gasteiger partial charge in [-0.2, -0.15) is 0 Å². The predicted octanol–water partition coefficient (Wildman–Crippen LogP) is 2.88. The van der Waals surface area contributed by atoms with Crippen LogP contribution in [0.5, 0.6) is 0 Å². The SMILES string of the molecule is N[C@H]1CC[C@H](Nc2ncc(F)c(-c3cccc(N4CCCCC4=O)n3)n2)CC1. The van der Waals surface area contributed by atoms with Crippen LogP contribution in [0.4, 0.5) is 16.2 Å². The Hall–Kier alpha value is -2.61. The first-order chi connectivity index (χ1) is 13.6. The molecule has 0 unspecified atom stereocenters. The van der Waals surface area contributed by atoms with Gasteiger partial charge in [0.15, 0.2) is 5.82 Å². The number of carbonyl (C=O) groups excluding carboxylic acids is 1. The lowest BCUT2D eigenvalue weighted by Crippen LogP contribution is -2.35. The van der Waals surface area contributed by atoms with Crippen molar-refractivity contribution in [2.45, 2.75) is 57.0 Å². The van der Waals surface area contributed by atoms with Crippen LogP contribution in [0, 0.1) is 5.82 Å². The quantitative estimate of drug-likeness (QED) is 0.841. The summed E-state index contributed by atoms with van der Waals surface area (Å²) >= 11 is 0. The zero-order valence-electron chi connectivity index (χ0n) is 15.8. The van der Waals surface area contributed by atoms with Crippen LogP contribution in [0.2, 0.25) is 0 Å². The molecule has 0 radical (unpaired) electrons. The minimum atomic E-state index is -0.536. The lowest BCUT2D eigenvalue weighted by molar-refractivity contribution is -0.119. The smallest absolute Gasteiger partial charge is 0.228 e. The number of pyridine rings is 1. The molecule has 1 saturated heterocycles. The van der Waals surface area contributed by atoms with Crippen LogP contribution in [0.3, 0.4) is 0 Å². The number of piperidine rings is 1. The number of anilines is 2. The van der Waals surface area contributed by atoms with Crippen molar-refractivity contribution in [2.75, 3.05) is 16.8 Å². The maximum absolute atomic E-state index is 14.4. The highest BCUT2D eigenvalue weighted by Gasteiger charge is 2.22. The van der Waals surface area contributed by atoms with Gasteiger partial charge in [-0.25, -0.2) is 19.3 Å². The fourth-order valence-electron chi connectivity index (χ4n) is 3.82. The predicted molar refractivity (Wildman–Crippen MR) is 105 cm³/mol. The topological polar surface area (TPSA) is 97.0 Å². The molecule has 2 aromatic heterocycles. The molecule has 4 rings (SSSR count). The van der Waals surface area contributed by atoms with Gasteiger partial charge in [0.25, 0.3) is 0 Å². The zero-order chi connectivity index (χ0) is 19.5. The standard InChI is InChI=1S/C20H25FN6O/c21-15-12-23-20(24-14-9-7-13(22)8-10-14)26-19(15)16-4-3-5-17(25-16)27-11-2-1-6-18(27)28/h3-5,12-14H,1-2,6-11,22H2,(H,23,24,26)/t13-,14-. The van der Waals surface area contributed by atoms with Crippen LogP contribution in [0.1, 0.15) is 44.9 Å². The summed E-state index contributed by atoms with van der Waals surface area (Å²) in [5.41, 5.74) is 6.48. The maximum atomic E-state index is 14.4. The van der Waals surface area contributed by atoms with E-state index in [-0.39, 0.29) is 23.7 Å². The molecule has 0 bridgehead atoms. The van der Waals surface area contributed by atoms with E-state index < -0.39 is 5.82 Å². The number of aromatic nitrogens is 3. The Bertz CT molecular complexity index is 852. The number of hydrogen-bond donors (Lipinski definition) is 2. The van der Waals surface area contributed by atoms with Gasteiger partial charge >= 0.3 is 0 Å². The van der Waals surface area contributed by atoms with Crippen LogP contribution in [0.15, 0.2) is 24.4 Å². The molecule has 8 heteroatoms. The van der Waals surface area contributed by atoms with Crippen molar-refractivity contribution >= 4 is 17.7 Å². The van der Waals surface area contributed by atoms with E-state index in [0.717, 1.165) is 38.5 Å². The van der Waals surface area contributed by atoms with Crippen molar-refractivity contribution < 1.29 is 9.18 Å². The molecule has 28 heavy (non-hydrogen) atoms. The number of rotatable bonds is 4. The number of nitrogens with one attached hydrogen (secondary N) is 1. The number of carbonyl (C=O) groups is 1. The van der Waals surface area contributed by atoms with Gasteiger partial charge in [0.2, 0.25) is 11.9 Å². The second kappa shape index (κ2) is 8.18. The molecule has 0 spiro atoms. The van der Waals surface area contributed by atoms with Crippen molar-refractivity contribution in [3.63, 3.8) is 0 Å². The fraction of sp³-hybridized carbons (Fsp3) is 0.500. The molecule has 148 valence electrons. The summed E-state index contributed by atoms with van der Waals surface area (Å²) in [4.78, 5) is 26.8. The van der Waals surface area contributed by atoms with Crippen LogP contribution >= 0.6 is 0 Å². The van der Waals surface area contributed by atoms with E-state index in [0.29, 0.717) is 30.4 Å². The summed E-state index contributed by atoms with van der Waals surface area (Å²) in [5.74, 6) is 0.442. The van der Waals surface area contributed by atoms with Crippen LogP contribution in [-0.2, 0) is 4.79 Å². The van der Waals surface area contributed by atoms with E-state index in [1.807, 2.05) is 0 Å². The number of amides is 1. The highest BCUT2D eigenvalue weighted by molar-refractivity contribution is 5.93. The van der Waals surface area contributed by atoms with Gasteiger partial charge in [-0.1, -0.05) is 6.07 Å². The summed E-state index contributed by atoms with van der Waals surface area (Å²) in [6.45, 7) is 0.637. The lowest BCUT2D eigenvalue weighted by Gasteiger charge is -2.27. The third-order valence-electron chi connectivity index (χ3n) is 5.43. The highest BCUT2D eigenvalue weighted by atomic mass is 19.1. The number of hydrogen-bond acceptors (Lipinski definition) is 6. The highest BCUT2D eigenvalue weighted by Crippen LogP contribution is 2.25. The average Bonchev–Trinajstić information content (AvgIpc) is 2.71. The van der Waals surface area contributed by atoms with Crippen molar-refractivity contribution in [1.29, 1.82) is 0 Å². The molecule has 2 aromatic rings. The summed E-state index contributed by atoms with van der Waals surface area (Å²) < 4.78 is 14.4. The normalized spacial score (nSPS) is 22.9. The first kappa shape index (κ1) is 18.7. The molecule has 7 nitrogen and oxygen atoms in total. The molecule has 1 amide bonds. The zero-order valence-corrected chi connectivity index (χ0v) is 15.8. The lowest BCUT2D eigenvalue weighted by atomic mass is 9.92. The van der Waals surface area contributed by atoms with Crippen molar-refractivity contribution in [1.82, 2.24) is 15.0 Å². The molecule has 1 aliphatic heterocycles. The van der Waals surface area contributed by atoms with E-state index in [1.165, 1.54) is 6.20 Å². The van der Waals surface area contributed by atoms with Gasteiger partial charge in [0.05, 0.1) is 11.9 Å². The van der Waals surface area contributed by atoms with Gasteiger partial charge in [-0.05, 0) is 50.7 Å². The Balaban J connectivity index is 1.56. The van der Waals surface area contributed by atoms with Crippen LogP contribution in [-0.4, -0.2) is 39.5 Å². The Morgan fingerprint density at radius 1 is 1.14 bits per heavy atom. The minimum Gasteiger partial charge on any atom is -0.351 e.